The van der Waals surface area contributed by atoms with Gasteiger partial charge in [-0.25, -0.2) is 4.98 Å². The van der Waals surface area contributed by atoms with Crippen molar-refractivity contribution in [2.75, 3.05) is 5.73 Å². The second kappa shape index (κ2) is 4.65. The Morgan fingerprint density at radius 1 is 1.32 bits per heavy atom. The molecular formula is C14H14BrN3S. The van der Waals surface area contributed by atoms with Gasteiger partial charge in [0.1, 0.15) is 0 Å². The first-order chi connectivity index (χ1) is 9.04. The molecule has 98 valence electrons. The van der Waals surface area contributed by atoms with Crippen LogP contribution in [-0.2, 0) is 6.54 Å². The highest BCUT2D eigenvalue weighted by atomic mass is 79.9. The minimum Gasteiger partial charge on any atom is -0.369 e. The molecule has 2 heterocycles. The minimum atomic E-state index is 0.566. The first-order valence-electron chi connectivity index (χ1n) is 6.02. The van der Waals surface area contributed by atoms with E-state index < -0.39 is 0 Å². The van der Waals surface area contributed by atoms with Crippen LogP contribution in [0.5, 0.6) is 0 Å². The summed E-state index contributed by atoms with van der Waals surface area (Å²) < 4.78 is 3.10. The molecule has 3 nitrogen and oxygen atoms in total. The number of halogens is 1. The van der Waals surface area contributed by atoms with Crippen molar-refractivity contribution in [1.82, 2.24) is 9.55 Å². The molecule has 0 saturated heterocycles. The molecule has 0 radical (unpaired) electrons. The molecule has 0 unspecified atom stereocenters. The second-order valence-electron chi connectivity index (χ2n) is 4.64. The molecule has 0 aliphatic rings. The van der Waals surface area contributed by atoms with Gasteiger partial charge in [0.15, 0.2) is 0 Å². The van der Waals surface area contributed by atoms with E-state index in [9.17, 15) is 0 Å². The molecule has 0 atom stereocenters. The number of nitrogen functional groups attached to an aromatic ring is 1. The number of rotatable bonds is 2. The third-order valence-electron chi connectivity index (χ3n) is 3.27. The lowest BCUT2D eigenvalue weighted by atomic mass is 10.3. The Labute approximate surface area is 124 Å². The fourth-order valence-corrected chi connectivity index (χ4v) is 3.56. The van der Waals surface area contributed by atoms with Crippen LogP contribution in [0.3, 0.4) is 0 Å². The number of nitrogens with zero attached hydrogens (tertiary/aromatic N) is 2. The Hall–Kier alpha value is -1.33. The largest absolute Gasteiger partial charge is 0.369 e. The summed E-state index contributed by atoms with van der Waals surface area (Å²) in [4.78, 5) is 7.07. The maximum atomic E-state index is 6.04. The summed E-state index contributed by atoms with van der Waals surface area (Å²) in [6.45, 7) is 5.06. The number of anilines is 1. The van der Waals surface area contributed by atoms with Crippen molar-refractivity contribution < 1.29 is 0 Å². The molecule has 0 fully saturated rings. The van der Waals surface area contributed by atoms with Gasteiger partial charge in [-0.05, 0) is 43.7 Å². The van der Waals surface area contributed by atoms with Crippen LogP contribution >= 0.6 is 27.3 Å². The lowest BCUT2D eigenvalue weighted by Gasteiger charge is -2.04. The summed E-state index contributed by atoms with van der Waals surface area (Å²) >= 11 is 5.32. The topological polar surface area (TPSA) is 43.8 Å². The van der Waals surface area contributed by atoms with E-state index >= 15 is 0 Å². The van der Waals surface area contributed by atoms with E-state index in [1.807, 2.05) is 23.5 Å². The molecular weight excluding hydrogens is 322 g/mol. The van der Waals surface area contributed by atoms with Crippen LogP contribution in [0.25, 0.3) is 11.0 Å². The van der Waals surface area contributed by atoms with Crippen molar-refractivity contribution in [2.45, 2.75) is 20.4 Å². The van der Waals surface area contributed by atoms with Crippen LogP contribution in [0.2, 0.25) is 0 Å². The maximum Gasteiger partial charge on any atom is 0.201 e. The number of imidazole rings is 1. The van der Waals surface area contributed by atoms with Gasteiger partial charge >= 0.3 is 0 Å². The van der Waals surface area contributed by atoms with Crippen molar-refractivity contribution >= 4 is 44.2 Å². The van der Waals surface area contributed by atoms with Crippen LogP contribution in [0.4, 0.5) is 5.95 Å². The third-order valence-corrected chi connectivity index (χ3v) is 4.90. The van der Waals surface area contributed by atoms with Gasteiger partial charge in [0.05, 0.1) is 17.6 Å². The van der Waals surface area contributed by atoms with Gasteiger partial charge in [-0.3, -0.25) is 0 Å². The van der Waals surface area contributed by atoms with Crippen LogP contribution in [-0.4, -0.2) is 9.55 Å². The number of hydrogen-bond acceptors (Lipinski definition) is 3. The van der Waals surface area contributed by atoms with E-state index in [0.717, 1.165) is 22.1 Å². The van der Waals surface area contributed by atoms with E-state index in [0.29, 0.717) is 5.95 Å². The Morgan fingerprint density at radius 2 is 2.11 bits per heavy atom. The molecule has 0 bridgehead atoms. The molecule has 0 spiro atoms. The number of aryl methyl sites for hydroxylation is 2. The van der Waals surface area contributed by atoms with Crippen molar-refractivity contribution in [3.63, 3.8) is 0 Å². The van der Waals surface area contributed by atoms with Gasteiger partial charge in [-0.15, -0.1) is 11.3 Å². The van der Waals surface area contributed by atoms with Crippen molar-refractivity contribution in [3.8, 4) is 0 Å². The predicted octanol–water partition coefficient (Wildman–Crippen LogP) is 4.11. The predicted molar refractivity (Wildman–Crippen MR) is 84.7 cm³/mol. The molecule has 1 aromatic carbocycles. The summed E-state index contributed by atoms with van der Waals surface area (Å²) in [6, 6.07) is 8.25. The molecule has 19 heavy (non-hydrogen) atoms. The quantitative estimate of drug-likeness (QED) is 0.765. The van der Waals surface area contributed by atoms with Gasteiger partial charge in [0.25, 0.3) is 0 Å². The highest BCUT2D eigenvalue weighted by Gasteiger charge is 2.10. The summed E-state index contributed by atoms with van der Waals surface area (Å²) in [6.07, 6.45) is 0. The zero-order chi connectivity index (χ0) is 13.6. The van der Waals surface area contributed by atoms with E-state index in [-0.39, 0.29) is 0 Å². The molecule has 2 aromatic heterocycles. The molecule has 0 amide bonds. The average Bonchev–Trinajstić information content (AvgIpc) is 2.82. The fraction of sp³-hybridized carbons (Fsp3) is 0.214. The molecule has 3 rings (SSSR count). The summed E-state index contributed by atoms with van der Waals surface area (Å²) in [5.74, 6) is 0.566. The second-order valence-corrected chi connectivity index (χ2v) is 6.90. The number of fused-ring (bicyclic) bond motifs is 1. The number of benzene rings is 1. The number of hydrogen-bond donors (Lipinski definition) is 1. The van der Waals surface area contributed by atoms with Crippen LogP contribution < -0.4 is 5.73 Å². The summed E-state index contributed by atoms with van der Waals surface area (Å²) in [7, 11) is 0. The van der Waals surface area contributed by atoms with Gasteiger partial charge in [0.2, 0.25) is 5.95 Å². The van der Waals surface area contributed by atoms with Crippen molar-refractivity contribution in [1.29, 1.82) is 0 Å². The van der Waals surface area contributed by atoms with Crippen LogP contribution in [0.1, 0.15) is 15.3 Å². The van der Waals surface area contributed by atoms with E-state index in [4.69, 9.17) is 5.73 Å². The van der Waals surface area contributed by atoms with Gasteiger partial charge in [-0.2, -0.15) is 0 Å². The number of aromatic nitrogens is 2. The molecule has 0 saturated carbocycles. The highest BCUT2D eigenvalue weighted by Crippen LogP contribution is 2.26. The van der Waals surface area contributed by atoms with Crippen molar-refractivity contribution in [2.24, 2.45) is 0 Å². The number of nitrogens with two attached hydrogens (primary N) is 1. The zero-order valence-corrected chi connectivity index (χ0v) is 13.2. The monoisotopic (exact) mass is 335 g/mol. The standard InChI is InChI=1S/C14H14BrN3S/c1-8-5-11(19-9(8)2)7-18-13-6-10(15)3-4-12(13)17-14(18)16/h3-6H,7H2,1-2H3,(H2,16,17). The lowest BCUT2D eigenvalue weighted by Crippen LogP contribution is -2.03. The molecule has 3 aromatic rings. The fourth-order valence-electron chi connectivity index (χ4n) is 2.16. The Balaban J connectivity index is 2.09. The average molecular weight is 336 g/mol. The van der Waals surface area contributed by atoms with Crippen molar-refractivity contribution in [3.05, 3.63) is 44.1 Å². The van der Waals surface area contributed by atoms with E-state index in [2.05, 4.69) is 51.5 Å². The normalized spacial score (nSPS) is 11.3. The van der Waals surface area contributed by atoms with Gasteiger partial charge in [-0.1, -0.05) is 15.9 Å². The van der Waals surface area contributed by atoms with Crippen LogP contribution in [0, 0.1) is 13.8 Å². The molecule has 0 aliphatic heterocycles. The van der Waals surface area contributed by atoms with E-state index in [1.165, 1.54) is 15.3 Å². The number of thiophene rings is 1. The Kier molecular flexibility index (Phi) is 3.11. The first kappa shape index (κ1) is 12.7. The molecule has 0 aliphatic carbocycles. The minimum absolute atomic E-state index is 0.566. The summed E-state index contributed by atoms with van der Waals surface area (Å²) in [5, 5.41) is 0. The summed E-state index contributed by atoms with van der Waals surface area (Å²) in [5.41, 5.74) is 9.38. The van der Waals surface area contributed by atoms with Gasteiger partial charge < -0.3 is 10.3 Å². The highest BCUT2D eigenvalue weighted by molar-refractivity contribution is 9.10. The SMILES string of the molecule is Cc1cc(Cn2c(N)nc3ccc(Br)cc32)sc1C. The Morgan fingerprint density at radius 3 is 2.79 bits per heavy atom. The molecule has 5 heteroatoms. The molecule has 2 N–H and O–H groups in total. The third kappa shape index (κ3) is 2.28. The first-order valence-corrected chi connectivity index (χ1v) is 7.62. The Bertz CT molecular complexity index is 738. The lowest BCUT2D eigenvalue weighted by molar-refractivity contribution is 0.852. The smallest absolute Gasteiger partial charge is 0.201 e. The van der Waals surface area contributed by atoms with Gasteiger partial charge in [0, 0.05) is 14.2 Å². The maximum absolute atomic E-state index is 6.04. The van der Waals surface area contributed by atoms with Crippen LogP contribution in [0.15, 0.2) is 28.7 Å². The van der Waals surface area contributed by atoms with E-state index in [1.54, 1.807) is 0 Å². The zero-order valence-electron chi connectivity index (χ0n) is 10.8.